The van der Waals surface area contributed by atoms with E-state index < -0.39 is 0 Å². The molecule has 1 aromatic rings. The van der Waals surface area contributed by atoms with Gasteiger partial charge >= 0.3 is 0 Å². The Hall–Kier alpha value is -2.02. The molecule has 0 radical (unpaired) electrons. The van der Waals surface area contributed by atoms with E-state index in [1.165, 1.54) is 11.3 Å². The van der Waals surface area contributed by atoms with Crippen molar-refractivity contribution >= 4 is 11.8 Å². The molecule has 2 fully saturated rings. The molecule has 4 rings (SSSR count). The molecule has 0 saturated carbocycles. The second kappa shape index (κ2) is 6.95. The van der Waals surface area contributed by atoms with Crippen molar-refractivity contribution in [2.24, 2.45) is 5.92 Å². The highest BCUT2D eigenvalue weighted by molar-refractivity contribution is 5.89. The third-order valence-electron chi connectivity index (χ3n) is 5.93. The number of likely N-dealkylation sites (N-methyl/N-ethyl adjacent to an activating group) is 1. The van der Waals surface area contributed by atoms with Crippen LogP contribution >= 0.6 is 0 Å². The Balaban J connectivity index is 1.45. The molecule has 2 atom stereocenters. The monoisotopic (exact) mass is 357 g/mol. The van der Waals surface area contributed by atoms with Crippen molar-refractivity contribution in [2.75, 3.05) is 40.3 Å². The molecular formula is C19H27N5O2. The van der Waals surface area contributed by atoms with Crippen molar-refractivity contribution in [3.05, 3.63) is 23.3 Å². The fraction of sp³-hybridized carbons (Fsp3) is 0.684. The predicted molar refractivity (Wildman–Crippen MR) is 96.4 cm³/mol. The molecule has 7 nitrogen and oxygen atoms in total. The van der Waals surface area contributed by atoms with E-state index in [2.05, 4.69) is 16.9 Å². The lowest BCUT2D eigenvalue weighted by molar-refractivity contribution is -0.137. The number of likely N-dealkylation sites (tertiary alicyclic amines) is 2. The van der Waals surface area contributed by atoms with Crippen molar-refractivity contribution < 1.29 is 9.59 Å². The molecule has 3 aliphatic heterocycles. The van der Waals surface area contributed by atoms with Gasteiger partial charge in [0.05, 0.1) is 5.92 Å². The Morgan fingerprint density at radius 1 is 1.23 bits per heavy atom. The number of piperidine rings is 1. The summed E-state index contributed by atoms with van der Waals surface area (Å²) in [5.74, 6) is 1.08. The summed E-state index contributed by atoms with van der Waals surface area (Å²) in [6.45, 7) is 3.93. The van der Waals surface area contributed by atoms with Gasteiger partial charge in [-0.1, -0.05) is 0 Å². The highest BCUT2D eigenvalue weighted by atomic mass is 16.2. The number of carbonyl (C=O) groups excluding carboxylic acids is 2. The Bertz CT molecular complexity index is 722. The lowest BCUT2D eigenvalue weighted by Crippen LogP contribution is -2.43. The molecule has 140 valence electrons. The molecule has 0 aliphatic carbocycles. The predicted octanol–water partition coefficient (Wildman–Crippen LogP) is 0.649. The zero-order chi connectivity index (χ0) is 18.3. The van der Waals surface area contributed by atoms with Crippen molar-refractivity contribution in [1.29, 1.82) is 0 Å². The maximum atomic E-state index is 12.8. The third-order valence-corrected chi connectivity index (χ3v) is 5.93. The molecule has 1 aromatic heterocycles. The van der Waals surface area contributed by atoms with E-state index in [1.807, 2.05) is 11.1 Å². The summed E-state index contributed by atoms with van der Waals surface area (Å²) >= 11 is 0. The fourth-order valence-electron chi connectivity index (χ4n) is 4.34. The third kappa shape index (κ3) is 3.32. The summed E-state index contributed by atoms with van der Waals surface area (Å²) < 4.78 is 0. The maximum Gasteiger partial charge on any atom is 0.228 e. The largest absolute Gasteiger partial charge is 0.345 e. The quantitative estimate of drug-likeness (QED) is 0.777. The summed E-state index contributed by atoms with van der Waals surface area (Å²) in [5.41, 5.74) is 2.39. The molecular weight excluding hydrogens is 330 g/mol. The van der Waals surface area contributed by atoms with Gasteiger partial charge in [-0.3, -0.25) is 9.59 Å². The summed E-state index contributed by atoms with van der Waals surface area (Å²) in [6.07, 6.45) is 5.27. The molecule has 3 aliphatic rings. The number of fused-ring (bicyclic) bond motifs is 1. The lowest BCUT2D eigenvalue weighted by atomic mass is 9.95. The van der Waals surface area contributed by atoms with E-state index >= 15 is 0 Å². The molecule has 0 spiro atoms. The average molecular weight is 357 g/mol. The first kappa shape index (κ1) is 17.4. The van der Waals surface area contributed by atoms with Crippen LogP contribution in [0.15, 0.2) is 6.20 Å². The zero-order valence-electron chi connectivity index (χ0n) is 15.6. The Morgan fingerprint density at radius 2 is 2.08 bits per heavy atom. The van der Waals surface area contributed by atoms with E-state index in [0.29, 0.717) is 19.5 Å². The van der Waals surface area contributed by atoms with Gasteiger partial charge in [-0.05, 0) is 19.9 Å². The normalized spacial score (nSPS) is 26.9. The number of hydrogen-bond acceptors (Lipinski definition) is 5. The fourth-order valence-corrected chi connectivity index (χ4v) is 4.34. The number of amides is 2. The molecule has 2 saturated heterocycles. The van der Waals surface area contributed by atoms with Crippen LogP contribution in [0.5, 0.6) is 0 Å². The van der Waals surface area contributed by atoms with E-state index in [0.717, 1.165) is 44.7 Å². The van der Waals surface area contributed by atoms with Gasteiger partial charge in [0.25, 0.3) is 0 Å². The van der Waals surface area contributed by atoms with E-state index in [9.17, 15) is 9.59 Å². The summed E-state index contributed by atoms with van der Waals surface area (Å²) in [7, 11) is 3.89. The van der Waals surface area contributed by atoms with Gasteiger partial charge in [0, 0.05) is 76.0 Å². The van der Waals surface area contributed by atoms with Crippen molar-refractivity contribution in [2.45, 2.75) is 38.1 Å². The Labute approximate surface area is 154 Å². The number of aromatic nitrogens is 2. The SMILES string of the molecule is CN1CCc2nc(C3CCCN(C(=O)C4CC(=O)N(C)C4)C3)ncc2C1. The minimum atomic E-state index is -0.189. The summed E-state index contributed by atoms with van der Waals surface area (Å²) in [6, 6.07) is 0. The van der Waals surface area contributed by atoms with Crippen LogP contribution in [-0.2, 0) is 22.6 Å². The molecule has 26 heavy (non-hydrogen) atoms. The second-order valence-corrected chi connectivity index (χ2v) is 7.99. The molecule has 0 N–H and O–H groups in total. The maximum absolute atomic E-state index is 12.8. The van der Waals surface area contributed by atoms with Gasteiger partial charge in [-0.2, -0.15) is 0 Å². The second-order valence-electron chi connectivity index (χ2n) is 7.99. The lowest BCUT2D eigenvalue weighted by Gasteiger charge is -2.34. The summed E-state index contributed by atoms with van der Waals surface area (Å²) in [5, 5.41) is 0. The van der Waals surface area contributed by atoms with Gasteiger partial charge < -0.3 is 14.7 Å². The minimum Gasteiger partial charge on any atom is -0.345 e. The van der Waals surface area contributed by atoms with Gasteiger partial charge in [0.1, 0.15) is 5.82 Å². The van der Waals surface area contributed by atoms with Crippen LogP contribution in [0, 0.1) is 5.92 Å². The number of hydrogen-bond donors (Lipinski definition) is 0. The van der Waals surface area contributed by atoms with E-state index in [1.54, 1.807) is 11.9 Å². The first-order valence-corrected chi connectivity index (χ1v) is 9.57. The van der Waals surface area contributed by atoms with Crippen LogP contribution in [0.1, 0.15) is 42.3 Å². The summed E-state index contributed by atoms with van der Waals surface area (Å²) in [4.78, 5) is 39.9. The standard InChI is InChI=1S/C19H27N5O2/c1-22-7-5-16-15(10-22)9-20-18(21-16)13-4-3-6-24(12-13)19(26)14-8-17(25)23(2)11-14/h9,13-14H,3-8,10-12H2,1-2H3. The molecule has 0 aromatic carbocycles. The van der Waals surface area contributed by atoms with Gasteiger partial charge in [0.15, 0.2) is 0 Å². The van der Waals surface area contributed by atoms with Crippen LogP contribution in [0.3, 0.4) is 0 Å². The molecule has 2 unspecified atom stereocenters. The van der Waals surface area contributed by atoms with E-state index in [4.69, 9.17) is 4.98 Å². The van der Waals surface area contributed by atoms with Gasteiger partial charge in [-0.15, -0.1) is 0 Å². The Morgan fingerprint density at radius 3 is 2.85 bits per heavy atom. The highest BCUT2D eigenvalue weighted by Gasteiger charge is 2.37. The zero-order valence-corrected chi connectivity index (χ0v) is 15.6. The van der Waals surface area contributed by atoms with Gasteiger partial charge in [0.2, 0.25) is 11.8 Å². The highest BCUT2D eigenvalue weighted by Crippen LogP contribution is 2.28. The first-order valence-electron chi connectivity index (χ1n) is 9.57. The first-order chi connectivity index (χ1) is 12.5. The molecule has 0 bridgehead atoms. The average Bonchev–Trinajstić information content (AvgIpc) is 2.99. The van der Waals surface area contributed by atoms with Crippen LogP contribution < -0.4 is 0 Å². The minimum absolute atomic E-state index is 0.0694. The Kier molecular flexibility index (Phi) is 4.65. The molecule has 7 heteroatoms. The molecule has 2 amide bonds. The topological polar surface area (TPSA) is 69.6 Å². The van der Waals surface area contributed by atoms with Crippen molar-refractivity contribution in [3.8, 4) is 0 Å². The smallest absolute Gasteiger partial charge is 0.228 e. The van der Waals surface area contributed by atoms with Crippen LogP contribution in [0.25, 0.3) is 0 Å². The van der Waals surface area contributed by atoms with Crippen molar-refractivity contribution in [3.63, 3.8) is 0 Å². The number of rotatable bonds is 2. The van der Waals surface area contributed by atoms with E-state index in [-0.39, 0.29) is 23.7 Å². The van der Waals surface area contributed by atoms with Crippen LogP contribution in [-0.4, -0.2) is 76.8 Å². The van der Waals surface area contributed by atoms with Gasteiger partial charge in [-0.25, -0.2) is 9.97 Å². The van der Waals surface area contributed by atoms with Crippen LogP contribution in [0.2, 0.25) is 0 Å². The number of carbonyl (C=O) groups is 2. The van der Waals surface area contributed by atoms with Crippen molar-refractivity contribution in [1.82, 2.24) is 24.7 Å². The molecule has 4 heterocycles. The number of nitrogens with zero attached hydrogens (tertiary/aromatic N) is 5. The van der Waals surface area contributed by atoms with Crippen LogP contribution in [0.4, 0.5) is 0 Å².